The maximum Gasteiger partial charge on any atom is 0.335 e. The van der Waals surface area contributed by atoms with Gasteiger partial charge in [-0.3, -0.25) is 0 Å². The van der Waals surface area contributed by atoms with Crippen LogP contribution < -0.4 is 0 Å². The lowest BCUT2D eigenvalue weighted by atomic mass is 9.97. The first-order chi connectivity index (χ1) is 12.9. The molecule has 0 aromatic heterocycles. The summed E-state index contributed by atoms with van der Waals surface area (Å²) in [4.78, 5) is 12.7. The van der Waals surface area contributed by atoms with Crippen molar-refractivity contribution in [2.45, 2.75) is 31.7 Å². The molecule has 1 atom stereocenters. The highest BCUT2D eigenvalue weighted by atomic mass is 32.2. The molecule has 0 N–H and O–H groups in total. The molecule has 0 spiro atoms. The van der Waals surface area contributed by atoms with Crippen LogP contribution in [0.3, 0.4) is 0 Å². The van der Waals surface area contributed by atoms with Crippen molar-refractivity contribution in [2.24, 2.45) is 0 Å². The lowest BCUT2D eigenvalue weighted by Crippen LogP contribution is -2.33. The zero-order chi connectivity index (χ0) is 19.6. The second kappa shape index (κ2) is 7.66. The number of sulfonamides is 1. The van der Waals surface area contributed by atoms with Crippen molar-refractivity contribution in [1.29, 1.82) is 0 Å². The number of nitrogens with zero attached hydrogens (tertiary/aromatic N) is 1. The van der Waals surface area contributed by atoms with Crippen LogP contribution in [0.15, 0.2) is 65.1 Å². The third-order valence-corrected chi connectivity index (χ3v) is 6.54. The highest BCUT2D eigenvalue weighted by Crippen LogP contribution is 2.39. The molecule has 1 aliphatic rings. The Morgan fingerprint density at radius 1 is 1.11 bits per heavy atom. The molecule has 2 aromatic carbocycles. The molecule has 6 heteroatoms. The van der Waals surface area contributed by atoms with Gasteiger partial charge in [0.25, 0.3) is 0 Å². The molecule has 3 rings (SSSR count). The maximum absolute atomic E-state index is 13.3. The van der Waals surface area contributed by atoms with Gasteiger partial charge in [0.1, 0.15) is 0 Å². The second-order valence-electron chi connectivity index (χ2n) is 6.53. The largest absolute Gasteiger partial charge is 0.463 e. The topological polar surface area (TPSA) is 63.7 Å². The van der Waals surface area contributed by atoms with Crippen LogP contribution in [-0.2, 0) is 19.6 Å². The van der Waals surface area contributed by atoms with Crippen LogP contribution in [0, 0.1) is 13.8 Å². The Kier molecular flexibility index (Phi) is 5.48. The Balaban J connectivity index is 2.08. The van der Waals surface area contributed by atoms with Gasteiger partial charge >= 0.3 is 5.97 Å². The smallest absolute Gasteiger partial charge is 0.335 e. The van der Waals surface area contributed by atoms with Gasteiger partial charge in [-0.25, -0.2) is 13.2 Å². The summed E-state index contributed by atoms with van der Waals surface area (Å²) in [6.07, 6.45) is 1.65. The molecule has 0 radical (unpaired) electrons. The van der Waals surface area contributed by atoms with Crippen LogP contribution in [0.5, 0.6) is 0 Å². The maximum atomic E-state index is 13.3. The summed E-state index contributed by atoms with van der Waals surface area (Å²) in [6.45, 7) is 5.91. The monoisotopic (exact) mass is 385 g/mol. The third-order valence-electron chi connectivity index (χ3n) is 4.70. The molecule has 1 aliphatic heterocycles. The molecule has 0 bridgehead atoms. The van der Waals surface area contributed by atoms with Crippen LogP contribution in [0.4, 0.5) is 0 Å². The number of aryl methyl sites for hydroxylation is 2. The number of hydrogen-bond donors (Lipinski definition) is 0. The number of rotatable bonds is 5. The Bertz CT molecular complexity index is 977. The SMILES string of the molecule is CCOC(=O)C1=CCN(S(=O)(=O)c2ccc(C)cc2)[C@H]1c1ccccc1C. The van der Waals surface area contributed by atoms with Crippen molar-refractivity contribution in [3.8, 4) is 0 Å². The molecule has 5 nitrogen and oxygen atoms in total. The molecule has 0 amide bonds. The first-order valence-electron chi connectivity index (χ1n) is 8.87. The Morgan fingerprint density at radius 3 is 2.41 bits per heavy atom. The molecule has 0 fully saturated rings. The molecule has 27 heavy (non-hydrogen) atoms. The molecular formula is C21H23NO4S. The predicted molar refractivity (Wildman–Crippen MR) is 104 cm³/mol. The normalized spacial score (nSPS) is 17.6. The van der Waals surface area contributed by atoms with Gasteiger partial charge in [-0.1, -0.05) is 48.0 Å². The minimum atomic E-state index is -3.78. The van der Waals surface area contributed by atoms with Crippen molar-refractivity contribution in [2.75, 3.05) is 13.2 Å². The highest BCUT2D eigenvalue weighted by molar-refractivity contribution is 7.89. The van der Waals surface area contributed by atoms with Gasteiger partial charge in [-0.2, -0.15) is 4.31 Å². The van der Waals surface area contributed by atoms with Gasteiger partial charge in [0.2, 0.25) is 10.0 Å². The molecule has 1 heterocycles. The van der Waals surface area contributed by atoms with Crippen LogP contribution in [0.1, 0.15) is 29.7 Å². The van der Waals surface area contributed by atoms with Gasteiger partial charge in [0.15, 0.2) is 0 Å². The van der Waals surface area contributed by atoms with Crippen molar-refractivity contribution in [3.63, 3.8) is 0 Å². The molecular weight excluding hydrogens is 362 g/mol. The summed E-state index contributed by atoms with van der Waals surface area (Å²) in [5.74, 6) is -0.479. The Labute approximate surface area is 160 Å². The Morgan fingerprint density at radius 2 is 1.78 bits per heavy atom. The quantitative estimate of drug-likeness (QED) is 0.739. The summed E-state index contributed by atoms with van der Waals surface area (Å²) in [6, 6.07) is 13.5. The van der Waals surface area contributed by atoms with Crippen LogP contribution in [-0.4, -0.2) is 31.8 Å². The molecule has 0 saturated heterocycles. The predicted octanol–water partition coefficient (Wildman–Crippen LogP) is 3.54. The second-order valence-corrected chi connectivity index (χ2v) is 8.42. The van der Waals surface area contributed by atoms with Crippen molar-refractivity contribution in [3.05, 3.63) is 76.9 Å². The van der Waals surface area contributed by atoms with Gasteiger partial charge in [-0.15, -0.1) is 0 Å². The molecule has 0 saturated carbocycles. The lowest BCUT2D eigenvalue weighted by molar-refractivity contribution is -0.138. The summed E-state index contributed by atoms with van der Waals surface area (Å²) >= 11 is 0. The van der Waals surface area contributed by atoms with Gasteiger partial charge in [-0.05, 0) is 44.0 Å². The van der Waals surface area contributed by atoms with E-state index in [1.165, 1.54) is 4.31 Å². The van der Waals surface area contributed by atoms with E-state index in [1.807, 2.05) is 38.1 Å². The van der Waals surface area contributed by atoms with E-state index in [0.29, 0.717) is 5.57 Å². The van der Waals surface area contributed by atoms with E-state index in [0.717, 1.165) is 16.7 Å². The standard InChI is InChI=1S/C21H23NO4S/c1-4-26-21(23)19-13-14-22(20(19)18-8-6-5-7-16(18)3)27(24,25)17-11-9-15(2)10-12-17/h5-13,20H,4,14H2,1-3H3/t20-/m0/s1. The number of benzene rings is 2. The number of esters is 1. The third kappa shape index (κ3) is 3.68. The number of ether oxygens (including phenoxy) is 1. The summed E-state index contributed by atoms with van der Waals surface area (Å²) in [5.41, 5.74) is 3.05. The highest BCUT2D eigenvalue weighted by Gasteiger charge is 2.41. The van der Waals surface area contributed by atoms with Gasteiger partial charge < -0.3 is 4.74 Å². The van der Waals surface area contributed by atoms with E-state index >= 15 is 0 Å². The van der Waals surface area contributed by atoms with Crippen molar-refractivity contribution >= 4 is 16.0 Å². The van der Waals surface area contributed by atoms with Crippen LogP contribution in [0.2, 0.25) is 0 Å². The summed E-state index contributed by atoms with van der Waals surface area (Å²) in [5, 5.41) is 0. The average Bonchev–Trinajstić information content (AvgIpc) is 3.08. The van der Waals surface area contributed by atoms with Crippen molar-refractivity contribution in [1.82, 2.24) is 4.31 Å². The van der Waals surface area contributed by atoms with Crippen LogP contribution in [0.25, 0.3) is 0 Å². The van der Waals surface area contributed by atoms with E-state index in [2.05, 4.69) is 0 Å². The zero-order valence-corrected chi connectivity index (χ0v) is 16.5. The van der Waals surface area contributed by atoms with Crippen molar-refractivity contribution < 1.29 is 17.9 Å². The van der Waals surface area contributed by atoms with E-state index in [9.17, 15) is 13.2 Å². The summed E-state index contributed by atoms with van der Waals surface area (Å²) < 4.78 is 33.2. The molecule has 0 unspecified atom stereocenters. The minimum absolute atomic E-state index is 0.128. The van der Waals surface area contributed by atoms with E-state index in [1.54, 1.807) is 37.3 Å². The molecule has 2 aromatic rings. The van der Waals surface area contributed by atoms with Crippen LogP contribution >= 0.6 is 0 Å². The first-order valence-corrected chi connectivity index (χ1v) is 10.3. The fourth-order valence-corrected chi connectivity index (χ4v) is 4.79. The summed E-state index contributed by atoms with van der Waals surface area (Å²) in [7, 11) is -3.78. The first kappa shape index (κ1) is 19.3. The van der Waals surface area contributed by atoms with E-state index < -0.39 is 22.0 Å². The number of hydrogen-bond acceptors (Lipinski definition) is 4. The van der Waals surface area contributed by atoms with E-state index in [-0.39, 0.29) is 18.0 Å². The number of carbonyl (C=O) groups excluding carboxylic acids is 1. The molecule has 0 aliphatic carbocycles. The fourth-order valence-electron chi connectivity index (χ4n) is 3.27. The molecule has 142 valence electrons. The number of carbonyl (C=O) groups is 1. The van der Waals surface area contributed by atoms with Gasteiger partial charge in [0, 0.05) is 6.54 Å². The zero-order valence-electron chi connectivity index (χ0n) is 15.7. The average molecular weight is 385 g/mol. The lowest BCUT2D eigenvalue weighted by Gasteiger charge is -2.27. The fraction of sp³-hybridized carbons (Fsp3) is 0.286. The van der Waals surface area contributed by atoms with E-state index in [4.69, 9.17) is 4.74 Å². The minimum Gasteiger partial charge on any atom is -0.463 e. The van der Waals surface area contributed by atoms with Gasteiger partial charge in [0.05, 0.1) is 23.1 Å². The Hall–Kier alpha value is -2.44.